The van der Waals surface area contributed by atoms with Crippen LogP contribution in [0.15, 0.2) is 30.3 Å². The zero-order valence-corrected chi connectivity index (χ0v) is 6.27. The number of nitriles is 1. The predicted octanol–water partition coefficient (Wildman–Crippen LogP) is 1.26. The monoisotopic (exact) mass is 293 g/mol. The van der Waals surface area contributed by atoms with Gasteiger partial charge in [0, 0.05) is 0 Å². The molecule has 0 spiro atoms. The third kappa shape index (κ3) is 5.80. The van der Waals surface area contributed by atoms with Gasteiger partial charge in [0.2, 0.25) is 0 Å². The first kappa shape index (κ1) is 14.1. The number of nitrogens with zero attached hydrogens (tertiary/aromatic N) is 1. The normalized spacial score (nSPS) is 6.82. The Labute approximate surface area is 113 Å². The molecule has 0 amide bonds. The van der Waals surface area contributed by atoms with Crippen LogP contribution in [0.3, 0.4) is 0 Å². The summed E-state index contributed by atoms with van der Waals surface area (Å²) < 4.78 is 0. The Kier molecular flexibility index (Phi) is 11.1. The van der Waals surface area contributed by atoms with Crippen molar-refractivity contribution in [2.45, 2.75) is 6.42 Å². The van der Waals surface area contributed by atoms with Crippen LogP contribution < -0.4 is 0 Å². The molecule has 0 bridgehead atoms. The van der Waals surface area contributed by atoms with Gasteiger partial charge >= 0.3 is 48.9 Å². The maximum atomic E-state index is 8.27. The first-order chi connectivity index (χ1) is 4.43. The van der Waals surface area contributed by atoms with Crippen molar-refractivity contribution >= 4 is 61.3 Å². The number of benzene rings is 1. The fourth-order valence-electron chi connectivity index (χ4n) is 0.687. The second-order valence-corrected chi connectivity index (χ2v) is 1.82. The van der Waals surface area contributed by atoms with Gasteiger partial charge in [0.1, 0.15) is 0 Å². The van der Waals surface area contributed by atoms with Crippen molar-refractivity contribution in [3.05, 3.63) is 35.9 Å². The van der Waals surface area contributed by atoms with E-state index >= 15 is 0 Å². The van der Waals surface area contributed by atoms with E-state index in [1.807, 2.05) is 30.3 Å². The van der Waals surface area contributed by atoms with Crippen molar-refractivity contribution < 1.29 is 0 Å². The maximum absolute atomic E-state index is 8.27. The van der Waals surface area contributed by atoms with Crippen LogP contribution in [0.1, 0.15) is 5.56 Å². The Morgan fingerprint density at radius 3 is 2.18 bits per heavy atom. The molecule has 0 N–H and O–H groups in total. The predicted molar refractivity (Wildman–Crippen MR) is 51.6 cm³/mol. The van der Waals surface area contributed by atoms with E-state index in [0.29, 0.717) is 6.42 Å². The van der Waals surface area contributed by atoms with E-state index in [-0.39, 0.29) is 61.3 Å². The molecule has 3 heteroatoms. The van der Waals surface area contributed by atoms with E-state index in [4.69, 9.17) is 5.26 Å². The van der Waals surface area contributed by atoms with Crippen molar-refractivity contribution in [3.63, 3.8) is 0 Å². The summed E-state index contributed by atoms with van der Waals surface area (Å²) in [6, 6.07) is 11.8. The molecule has 56 valence electrons. The van der Waals surface area contributed by atoms with Crippen LogP contribution in [0.4, 0.5) is 0 Å². The van der Waals surface area contributed by atoms with Gasteiger partial charge in [-0.2, -0.15) is 5.26 Å². The molecule has 0 unspecified atom stereocenters. The van der Waals surface area contributed by atoms with Gasteiger partial charge < -0.3 is 0 Å². The van der Waals surface area contributed by atoms with Crippen molar-refractivity contribution in [2.75, 3.05) is 0 Å². The van der Waals surface area contributed by atoms with Gasteiger partial charge in [-0.1, -0.05) is 30.3 Å². The van der Waals surface area contributed by atoms with Gasteiger partial charge in [-0.25, -0.2) is 0 Å². The molecule has 0 aliphatic carbocycles. The van der Waals surface area contributed by atoms with Gasteiger partial charge in [-0.15, -0.1) is 12.4 Å². The first-order valence-electron chi connectivity index (χ1n) is 2.84. The SMILES string of the molecule is Cl.N#CCc1ccccc1.[BaH2]. The molecular formula is C8H10BaClN. The Morgan fingerprint density at radius 1 is 1.18 bits per heavy atom. The molecule has 0 saturated heterocycles. The zero-order chi connectivity index (χ0) is 6.53. The number of hydrogen-bond donors (Lipinski definition) is 0. The summed E-state index contributed by atoms with van der Waals surface area (Å²) in [5.41, 5.74) is 1.08. The topological polar surface area (TPSA) is 23.8 Å². The van der Waals surface area contributed by atoms with E-state index in [1.165, 1.54) is 0 Å². The zero-order valence-electron chi connectivity index (χ0n) is 5.45. The van der Waals surface area contributed by atoms with E-state index in [2.05, 4.69) is 6.07 Å². The van der Waals surface area contributed by atoms with Crippen LogP contribution in [0.2, 0.25) is 0 Å². The Bertz CT molecular complexity index is 217. The van der Waals surface area contributed by atoms with Crippen LogP contribution in [0.25, 0.3) is 0 Å². The van der Waals surface area contributed by atoms with E-state index in [1.54, 1.807) is 0 Å². The third-order valence-electron chi connectivity index (χ3n) is 1.13. The molecular weight excluding hydrogens is 283 g/mol. The van der Waals surface area contributed by atoms with Crippen LogP contribution in [0.5, 0.6) is 0 Å². The Hall–Kier alpha value is 0.571. The fourth-order valence-corrected chi connectivity index (χ4v) is 0.687. The number of rotatable bonds is 1. The average molecular weight is 293 g/mol. The van der Waals surface area contributed by atoms with Crippen LogP contribution in [-0.2, 0) is 6.42 Å². The van der Waals surface area contributed by atoms with Gasteiger partial charge in [0.25, 0.3) is 0 Å². The summed E-state index contributed by atoms with van der Waals surface area (Å²) in [7, 11) is 0. The van der Waals surface area contributed by atoms with Crippen LogP contribution in [-0.4, -0.2) is 48.9 Å². The quantitative estimate of drug-likeness (QED) is 0.715. The summed E-state index contributed by atoms with van der Waals surface area (Å²) >= 11 is 0. The van der Waals surface area contributed by atoms with E-state index in [0.717, 1.165) is 5.56 Å². The molecule has 0 aliphatic heterocycles. The summed E-state index contributed by atoms with van der Waals surface area (Å²) in [5, 5.41) is 8.27. The number of halogens is 1. The first-order valence-corrected chi connectivity index (χ1v) is 2.84. The third-order valence-corrected chi connectivity index (χ3v) is 1.13. The second-order valence-electron chi connectivity index (χ2n) is 1.82. The van der Waals surface area contributed by atoms with Gasteiger partial charge in [0.05, 0.1) is 12.5 Å². The molecule has 0 saturated carbocycles. The van der Waals surface area contributed by atoms with E-state index < -0.39 is 0 Å². The fraction of sp³-hybridized carbons (Fsp3) is 0.125. The summed E-state index contributed by atoms with van der Waals surface area (Å²) in [5.74, 6) is 0. The summed E-state index contributed by atoms with van der Waals surface area (Å²) in [6.45, 7) is 0. The molecule has 0 radical (unpaired) electrons. The van der Waals surface area contributed by atoms with Crippen molar-refractivity contribution in [3.8, 4) is 6.07 Å². The molecule has 0 heterocycles. The molecule has 1 aromatic rings. The van der Waals surface area contributed by atoms with E-state index in [9.17, 15) is 0 Å². The van der Waals surface area contributed by atoms with Gasteiger partial charge in [-0.3, -0.25) is 0 Å². The minimum atomic E-state index is 0. The average Bonchev–Trinajstić information content (AvgIpc) is 1.91. The number of hydrogen-bond acceptors (Lipinski definition) is 1. The van der Waals surface area contributed by atoms with Crippen molar-refractivity contribution in [1.82, 2.24) is 0 Å². The summed E-state index contributed by atoms with van der Waals surface area (Å²) in [6.07, 6.45) is 0.515. The second kappa shape index (κ2) is 8.67. The van der Waals surface area contributed by atoms with Crippen LogP contribution in [0, 0.1) is 11.3 Å². The van der Waals surface area contributed by atoms with Crippen molar-refractivity contribution in [1.29, 1.82) is 5.26 Å². The summed E-state index contributed by atoms with van der Waals surface area (Å²) in [4.78, 5) is 0. The molecule has 0 aliphatic rings. The molecule has 11 heavy (non-hydrogen) atoms. The Morgan fingerprint density at radius 2 is 1.73 bits per heavy atom. The minimum absolute atomic E-state index is 0. The van der Waals surface area contributed by atoms with Gasteiger partial charge in [-0.05, 0) is 5.56 Å². The molecule has 0 atom stereocenters. The molecule has 1 aromatic carbocycles. The standard InChI is InChI=1S/C8H7N.Ba.ClH.2H/c9-7-6-8-4-2-1-3-5-8;;;;/h1-5H,6H2;;1H;;. The Balaban J connectivity index is 0. The molecule has 0 aromatic heterocycles. The van der Waals surface area contributed by atoms with Crippen LogP contribution >= 0.6 is 12.4 Å². The molecule has 1 rings (SSSR count). The van der Waals surface area contributed by atoms with Crippen molar-refractivity contribution in [2.24, 2.45) is 0 Å². The molecule has 1 nitrogen and oxygen atoms in total. The van der Waals surface area contributed by atoms with Gasteiger partial charge in [0.15, 0.2) is 0 Å². The molecule has 0 fully saturated rings.